The molecule has 1 aromatic rings. The molecule has 0 aromatic heterocycles. The number of primary sulfonamides is 1. The zero-order chi connectivity index (χ0) is 18.5. The maximum atomic E-state index is 12.0. The maximum Gasteiger partial charge on any atom is 0.408 e. The van der Waals surface area contributed by atoms with E-state index >= 15 is 0 Å². The second-order valence-electron chi connectivity index (χ2n) is 6.28. The Morgan fingerprint density at radius 2 is 1.92 bits per heavy atom. The predicted molar refractivity (Wildman–Crippen MR) is 88.5 cm³/mol. The molecule has 0 spiro atoms. The van der Waals surface area contributed by atoms with E-state index in [0.29, 0.717) is 5.56 Å². The number of carbonyl (C=O) groups is 2. The summed E-state index contributed by atoms with van der Waals surface area (Å²) in [6.07, 6.45) is -0.693. The molecule has 134 valence electrons. The molecule has 0 heterocycles. The molecule has 0 saturated heterocycles. The topological polar surface area (TPSA) is 128 Å². The van der Waals surface area contributed by atoms with Crippen LogP contribution in [0.25, 0.3) is 0 Å². The highest BCUT2D eigenvalue weighted by Crippen LogP contribution is 2.10. The fourth-order valence-electron chi connectivity index (χ4n) is 1.72. The molecule has 0 aliphatic carbocycles. The number of nitrogens with two attached hydrogens (primary N) is 1. The molecule has 0 radical (unpaired) electrons. The van der Waals surface area contributed by atoms with Crippen molar-refractivity contribution in [1.82, 2.24) is 10.6 Å². The van der Waals surface area contributed by atoms with E-state index in [1.54, 1.807) is 26.8 Å². The summed E-state index contributed by atoms with van der Waals surface area (Å²) < 4.78 is 27.7. The second-order valence-corrected chi connectivity index (χ2v) is 7.84. The van der Waals surface area contributed by atoms with Crippen LogP contribution >= 0.6 is 0 Å². The molecular formula is C15H23N3O5S. The third-order valence-electron chi connectivity index (χ3n) is 2.82. The first-order valence-electron chi connectivity index (χ1n) is 7.27. The molecule has 2 amide bonds. The first-order valence-corrected chi connectivity index (χ1v) is 8.82. The minimum Gasteiger partial charge on any atom is -0.444 e. The van der Waals surface area contributed by atoms with E-state index in [-0.39, 0.29) is 11.4 Å². The molecule has 1 rings (SSSR count). The standard InChI is InChI=1S/C15H23N3O5S/c1-10(18-14(20)23-15(2,3)4)13(19)17-9-11-6-5-7-12(8-11)24(16,21)22/h5-8,10H,9H2,1-4H3,(H,17,19)(H,18,20)(H2,16,21,22)/t10-/m1/s1. The minimum atomic E-state index is -3.80. The van der Waals surface area contributed by atoms with Gasteiger partial charge in [0.05, 0.1) is 4.90 Å². The third-order valence-corrected chi connectivity index (χ3v) is 3.73. The van der Waals surface area contributed by atoms with Gasteiger partial charge < -0.3 is 15.4 Å². The normalized spacial score (nSPS) is 13.0. The van der Waals surface area contributed by atoms with Crippen molar-refractivity contribution in [3.63, 3.8) is 0 Å². The first kappa shape index (κ1) is 19.9. The molecule has 4 N–H and O–H groups in total. The van der Waals surface area contributed by atoms with Gasteiger partial charge in [0.15, 0.2) is 0 Å². The van der Waals surface area contributed by atoms with Gasteiger partial charge in [-0.3, -0.25) is 4.79 Å². The number of sulfonamides is 1. The van der Waals surface area contributed by atoms with E-state index < -0.39 is 33.7 Å². The summed E-state index contributed by atoms with van der Waals surface area (Å²) in [6, 6.07) is 5.13. The van der Waals surface area contributed by atoms with Gasteiger partial charge in [-0.2, -0.15) is 0 Å². The van der Waals surface area contributed by atoms with Gasteiger partial charge in [-0.25, -0.2) is 18.4 Å². The van der Waals surface area contributed by atoms with Crippen LogP contribution < -0.4 is 15.8 Å². The van der Waals surface area contributed by atoms with Crippen LogP contribution in [0, 0.1) is 0 Å². The lowest BCUT2D eigenvalue weighted by Gasteiger charge is -2.21. The molecule has 0 aliphatic heterocycles. The number of nitrogens with one attached hydrogen (secondary N) is 2. The van der Waals surface area contributed by atoms with Crippen LogP contribution in [-0.4, -0.2) is 32.1 Å². The van der Waals surface area contributed by atoms with Crippen LogP contribution in [0.15, 0.2) is 29.2 Å². The maximum absolute atomic E-state index is 12.0. The zero-order valence-corrected chi connectivity index (χ0v) is 14.9. The van der Waals surface area contributed by atoms with Crippen LogP contribution in [0.1, 0.15) is 33.3 Å². The number of rotatable bonds is 5. The van der Waals surface area contributed by atoms with E-state index in [0.717, 1.165) is 0 Å². The van der Waals surface area contributed by atoms with Crippen LogP contribution in [0.2, 0.25) is 0 Å². The van der Waals surface area contributed by atoms with Crippen molar-refractivity contribution in [2.45, 2.75) is 50.8 Å². The van der Waals surface area contributed by atoms with Crippen molar-refractivity contribution >= 4 is 22.0 Å². The van der Waals surface area contributed by atoms with E-state index in [2.05, 4.69) is 10.6 Å². The van der Waals surface area contributed by atoms with Gasteiger partial charge in [0.1, 0.15) is 11.6 Å². The molecule has 24 heavy (non-hydrogen) atoms. The van der Waals surface area contributed by atoms with Gasteiger partial charge in [0.25, 0.3) is 0 Å². The molecule has 0 unspecified atom stereocenters. The van der Waals surface area contributed by atoms with Crippen molar-refractivity contribution in [3.05, 3.63) is 29.8 Å². The highest BCUT2D eigenvalue weighted by atomic mass is 32.2. The zero-order valence-electron chi connectivity index (χ0n) is 14.1. The van der Waals surface area contributed by atoms with Crippen LogP contribution in [0.3, 0.4) is 0 Å². The Hall–Kier alpha value is -2.13. The van der Waals surface area contributed by atoms with E-state index in [4.69, 9.17) is 9.88 Å². The Balaban J connectivity index is 2.58. The summed E-state index contributed by atoms with van der Waals surface area (Å²) in [5, 5.41) is 10.1. The number of hydrogen-bond acceptors (Lipinski definition) is 5. The highest BCUT2D eigenvalue weighted by Gasteiger charge is 2.20. The lowest BCUT2D eigenvalue weighted by atomic mass is 10.2. The number of ether oxygens (including phenoxy) is 1. The second kappa shape index (κ2) is 7.63. The van der Waals surface area contributed by atoms with E-state index in [1.807, 2.05) is 0 Å². The fraction of sp³-hybridized carbons (Fsp3) is 0.467. The first-order chi connectivity index (χ1) is 10.9. The Bertz CT molecular complexity index is 710. The molecule has 1 atom stereocenters. The fourth-order valence-corrected chi connectivity index (χ4v) is 2.31. The van der Waals surface area contributed by atoms with Crippen LogP contribution in [-0.2, 0) is 26.1 Å². The number of hydrogen-bond donors (Lipinski definition) is 3. The van der Waals surface area contributed by atoms with E-state index in [9.17, 15) is 18.0 Å². The van der Waals surface area contributed by atoms with Crippen LogP contribution in [0.5, 0.6) is 0 Å². The molecule has 0 bridgehead atoms. The Labute approximate surface area is 141 Å². The smallest absolute Gasteiger partial charge is 0.408 e. The Kier molecular flexibility index (Phi) is 6.33. The molecule has 1 aromatic carbocycles. The minimum absolute atomic E-state index is 0.0332. The number of amides is 2. The molecule has 9 heteroatoms. The van der Waals surface area contributed by atoms with Gasteiger partial charge in [0, 0.05) is 6.54 Å². The highest BCUT2D eigenvalue weighted by molar-refractivity contribution is 7.89. The lowest BCUT2D eigenvalue weighted by Crippen LogP contribution is -2.46. The molecule has 0 aliphatic rings. The Morgan fingerprint density at radius 3 is 2.46 bits per heavy atom. The van der Waals surface area contributed by atoms with Gasteiger partial charge in [-0.05, 0) is 45.4 Å². The summed E-state index contributed by atoms with van der Waals surface area (Å²) >= 11 is 0. The van der Waals surface area contributed by atoms with E-state index in [1.165, 1.54) is 25.1 Å². The van der Waals surface area contributed by atoms with Crippen LogP contribution in [0.4, 0.5) is 4.79 Å². The van der Waals surface area contributed by atoms with Crippen molar-refractivity contribution in [2.24, 2.45) is 5.14 Å². The number of carbonyl (C=O) groups excluding carboxylic acids is 2. The van der Waals surface area contributed by atoms with Crippen molar-refractivity contribution < 1.29 is 22.7 Å². The monoisotopic (exact) mass is 357 g/mol. The number of alkyl carbamates (subject to hydrolysis) is 1. The quantitative estimate of drug-likeness (QED) is 0.720. The van der Waals surface area contributed by atoms with Gasteiger partial charge in [-0.1, -0.05) is 12.1 Å². The third kappa shape index (κ3) is 6.97. The number of benzene rings is 1. The molecule has 8 nitrogen and oxygen atoms in total. The lowest BCUT2D eigenvalue weighted by molar-refractivity contribution is -0.122. The SMILES string of the molecule is C[C@@H](NC(=O)OC(C)(C)C)C(=O)NCc1cccc(S(N)(=O)=O)c1. The Morgan fingerprint density at radius 1 is 1.29 bits per heavy atom. The average Bonchev–Trinajstić information content (AvgIpc) is 2.41. The summed E-state index contributed by atoms with van der Waals surface area (Å²) in [6.45, 7) is 6.77. The molecular weight excluding hydrogens is 334 g/mol. The van der Waals surface area contributed by atoms with Gasteiger partial charge >= 0.3 is 6.09 Å². The molecule has 0 saturated carbocycles. The van der Waals surface area contributed by atoms with Gasteiger partial charge in [0.2, 0.25) is 15.9 Å². The molecule has 0 fully saturated rings. The summed E-state index contributed by atoms with van der Waals surface area (Å²) in [5.41, 5.74) is -0.0895. The van der Waals surface area contributed by atoms with Crippen molar-refractivity contribution in [2.75, 3.05) is 0 Å². The summed E-state index contributed by atoms with van der Waals surface area (Å²) in [4.78, 5) is 23.6. The average molecular weight is 357 g/mol. The summed E-state index contributed by atoms with van der Waals surface area (Å²) in [5.74, 6) is -0.429. The predicted octanol–water partition coefficient (Wildman–Crippen LogP) is 0.863. The summed E-state index contributed by atoms with van der Waals surface area (Å²) in [7, 11) is -3.80. The largest absolute Gasteiger partial charge is 0.444 e. The van der Waals surface area contributed by atoms with Crippen molar-refractivity contribution in [3.8, 4) is 0 Å². The van der Waals surface area contributed by atoms with Gasteiger partial charge in [-0.15, -0.1) is 0 Å². The van der Waals surface area contributed by atoms with Crippen molar-refractivity contribution in [1.29, 1.82) is 0 Å².